The molecule has 22 heavy (non-hydrogen) atoms. The average molecular weight is 387 g/mol. The highest BCUT2D eigenvalue weighted by Crippen LogP contribution is 2.23. The zero-order chi connectivity index (χ0) is 16.4. The van der Waals surface area contributed by atoms with Gasteiger partial charge in [0, 0.05) is 12.7 Å². The molecule has 1 aliphatic rings. The summed E-state index contributed by atoms with van der Waals surface area (Å²) < 4.78 is 49.2. The van der Waals surface area contributed by atoms with Gasteiger partial charge in [0.15, 0.2) is 9.84 Å². The summed E-state index contributed by atoms with van der Waals surface area (Å²) in [5, 5.41) is 0.115. The van der Waals surface area contributed by atoms with Gasteiger partial charge in [-0.15, -0.1) is 0 Å². The van der Waals surface area contributed by atoms with Crippen molar-refractivity contribution in [3.8, 4) is 0 Å². The van der Waals surface area contributed by atoms with E-state index in [1.165, 1.54) is 6.07 Å². The molecule has 0 radical (unpaired) electrons. The highest BCUT2D eigenvalue weighted by Gasteiger charge is 2.27. The molecule has 1 atom stereocenters. The fourth-order valence-electron chi connectivity index (χ4n) is 2.33. The van der Waals surface area contributed by atoms with Crippen molar-refractivity contribution >= 4 is 43.1 Å². The maximum atomic E-state index is 12.0. The van der Waals surface area contributed by atoms with E-state index in [1.54, 1.807) is 0 Å². The number of halogens is 2. The average Bonchev–Trinajstić information content (AvgIpc) is 2.77. The van der Waals surface area contributed by atoms with E-state index in [-0.39, 0.29) is 39.0 Å². The molecule has 10 heteroatoms. The molecule has 0 spiro atoms. The number of sulfonamides is 1. The first-order valence-corrected chi connectivity index (χ1v) is 10.8. The van der Waals surface area contributed by atoms with Crippen molar-refractivity contribution in [2.24, 2.45) is 5.92 Å². The maximum absolute atomic E-state index is 12.0. The van der Waals surface area contributed by atoms with Crippen LogP contribution in [0.2, 0.25) is 10.2 Å². The molecule has 1 aromatic rings. The summed E-state index contributed by atoms with van der Waals surface area (Å²) in [4.78, 5) is 3.65. The van der Waals surface area contributed by atoms with Crippen molar-refractivity contribution in [1.29, 1.82) is 0 Å². The smallest absolute Gasteiger partial charge is 0.242 e. The lowest BCUT2D eigenvalue weighted by atomic mass is 10.0. The summed E-state index contributed by atoms with van der Waals surface area (Å²) in [6, 6.07) is 1.24. The van der Waals surface area contributed by atoms with E-state index < -0.39 is 19.9 Å². The van der Waals surface area contributed by atoms with Gasteiger partial charge < -0.3 is 0 Å². The lowest BCUT2D eigenvalue weighted by Gasteiger charge is -2.09. The summed E-state index contributed by atoms with van der Waals surface area (Å²) in [5.74, 6) is 0.565. The van der Waals surface area contributed by atoms with Crippen LogP contribution in [0.4, 0.5) is 0 Å². The number of pyridine rings is 1. The number of nitrogens with one attached hydrogen (secondary N) is 1. The maximum Gasteiger partial charge on any atom is 0.242 e. The van der Waals surface area contributed by atoms with E-state index in [9.17, 15) is 16.8 Å². The quantitative estimate of drug-likeness (QED) is 0.594. The number of nitrogens with zero attached hydrogens (tertiary/aromatic N) is 1. The highest BCUT2D eigenvalue weighted by atomic mass is 35.5. The SMILES string of the molecule is O=S1(=O)CCC(CCCNS(=O)(=O)c2cnc(Cl)c(Cl)c2)C1. The van der Waals surface area contributed by atoms with Gasteiger partial charge in [0.1, 0.15) is 10.0 Å². The summed E-state index contributed by atoms with van der Waals surface area (Å²) in [5.41, 5.74) is 0. The second-order valence-electron chi connectivity index (χ2n) is 5.25. The number of aromatic nitrogens is 1. The Kier molecular flexibility index (Phi) is 5.71. The van der Waals surface area contributed by atoms with E-state index in [4.69, 9.17) is 23.2 Å². The molecule has 1 saturated heterocycles. The summed E-state index contributed by atoms with van der Waals surface area (Å²) in [6.07, 6.45) is 3.06. The normalized spacial score (nSPS) is 21.1. The molecule has 1 N–H and O–H groups in total. The molecule has 0 bridgehead atoms. The first-order valence-electron chi connectivity index (χ1n) is 6.71. The molecular formula is C12H16Cl2N2O4S2. The van der Waals surface area contributed by atoms with Crippen LogP contribution in [0, 0.1) is 5.92 Å². The minimum Gasteiger partial charge on any atom is -0.242 e. The zero-order valence-electron chi connectivity index (χ0n) is 11.6. The van der Waals surface area contributed by atoms with Gasteiger partial charge in [-0.2, -0.15) is 0 Å². The van der Waals surface area contributed by atoms with Crippen LogP contribution in [-0.2, 0) is 19.9 Å². The molecule has 1 aromatic heterocycles. The summed E-state index contributed by atoms with van der Waals surface area (Å²) in [6.45, 7) is 0.235. The lowest BCUT2D eigenvalue weighted by molar-refractivity contribution is 0.512. The molecular weight excluding hydrogens is 371 g/mol. The van der Waals surface area contributed by atoms with Crippen molar-refractivity contribution in [3.05, 3.63) is 22.4 Å². The van der Waals surface area contributed by atoms with Gasteiger partial charge >= 0.3 is 0 Å². The standard InChI is InChI=1S/C12H16Cl2N2O4S2/c13-11-6-10(7-15-12(11)14)22(19,20)16-4-1-2-9-3-5-21(17,18)8-9/h6-7,9,16H,1-5,8H2. The third-order valence-corrected chi connectivity index (χ3v) is 7.44. The van der Waals surface area contributed by atoms with Crippen molar-refractivity contribution in [3.63, 3.8) is 0 Å². The summed E-state index contributed by atoms with van der Waals surface area (Å²) in [7, 11) is -6.58. The Morgan fingerprint density at radius 2 is 2.09 bits per heavy atom. The van der Waals surface area contributed by atoms with Crippen molar-refractivity contribution in [1.82, 2.24) is 9.71 Å². The van der Waals surface area contributed by atoms with Crippen molar-refractivity contribution in [2.45, 2.75) is 24.2 Å². The molecule has 2 rings (SSSR count). The van der Waals surface area contributed by atoms with Crippen molar-refractivity contribution < 1.29 is 16.8 Å². The van der Waals surface area contributed by atoms with Crippen LogP contribution in [0.15, 0.2) is 17.2 Å². The fourth-order valence-corrected chi connectivity index (χ4v) is 5.62. The molecule has 0 aliphatic carbocycles. The van der Waals surface area contributed by atoms with E-state index in [1.807, 2.05) is 0 Å². The van der Waals surface area contributed by atoms with Gasteiger partial charge in [0.25, 0.3) is 0 Å². The van der Waals surface area contributed by atoms with Crippen LogP contribution in [0.25, 0.3) is 0 Å². The van der Waals surface area contributed by atoms with Crippen LogP contribution in [0.1, 0.15) is 19.3 Å². The molecule has 124 valence electrons. The van der Waals surface area contributed by atoms with E-state index in [0.29, 0.717) is 19.3 Å². The predicted molar refractivity (Wildman–Crippen MR) is 85.4 cm³/mol. The van der Waals surface area contributed by atoms with E-state index >= 15 is 0 Å². The molecule has 1 unspecified atom stereocenters. The van der Waals surface area contributed by atoms with Gasteiger partial charge in [0.2, 0.25) is 10.0 Å². The summed E-state index contributed by atoms with van der Waals surface area (Å²) >= 11 is 11.4. The van der Waals surface area contributed by atoms with Gasteiger partial charge in [-0.3, -0.25) is 0 Å². The van der Waals surface area contributed by atoms with E-state index in [2.05, 4.69) is 9.71 Å². The van der Waals surface area contributed by atoms with Gasteiger partial charge in [-0.1, -0.05) is 23.2 Å². The molecule has 0 amide bonds. The monoisotopic (exact) mass is 386 g/mol. The van der Waals surface area contributed by atoms with Crippen LogP contribution in [0.3, 0.4) is 0 Å². The molecule has 0 saturated carbocycles. The molecule has 1 aliphatic heterocycles. The molecule has 1 fully saturated rings. The minimum atomic E-state index is -3.69. The Balaban J connectivity index is 1.84. The van der Waals surface area contributed by atoms with Crippen molar-refractivity contribution in [2.75, 3.05) is 18.1 Å². The highest BCUT2D eigenvalue weighted by molar-refractivity contribution is 7.91. The first-order chi connectivity index (χ1) is 10.2. The Labute approximate surface area is 140 Å². The van der Waals surface area contributed by atoms with Crippen LogP contribution >= 0.6 is 23.2 Å². The Hall–Kier alpha value is -0.410. The molecule has 2 heterocycles. The fraction of sp³-hybridized carbons (Fsp3) is 0.583. The zero-order valence-corrected chi connectivity index (χ0v) is 14.8. The van der Waals surface area contributed by atoms with E-state index in [0.717, 1.165) is 6.20 Å². The minimum absolute atomic E-state index is 0.0445. The third kappa shape index (κ3) is 4.79. The predicted octanol–water partition coefficient (Wildman–Crippen LogP) is 1.88. The lowest BCUT2D eigenvalue weighted by Crippen LogP contribution is -2.25. The van der Waals surface area contributed by atoms with Gasteiger partial charge in [-0.25, -0.2) is 26.5 Å². The van der Waals surface area contributed by atoms with Crippen LogP contribution in [-0.4, -0.2) is 39.9 Å². The van der Waals surface area contributed by atoms with Gasteiger partial charge in [-0.05, 0) is 31.2 Å². The number of hydrogen-bond acceptors (Lipinski definition) is 5. The Morgan fingerprint density at radius 3 is 2.68 bits per heavy atom. The number of sulfone groups is 1. The van der Waals surface area contributed by atoms with Crippen LogP contribution in [0.5, 0.6) is 0 Å². The second-order valence-corrected chi connectivity index (χ2v) is 10.0. The second kappa shape index (κ2) is 7.00. The topological polar surface area (TPSA) is 93.2 Å². The van der Waals surface area contributed by atoms with Gasteiger partial charge in [0.05, 0.1) is 16.5 Å². The van der Waals surface area contributed by atoms with Crippen LogP contribution < -0.4 is 4.72 Å². The molecule has 6 nitrogen and oxygen atoms in total. The molecule has 0 aromatic carbocycles. The Morgan fingerprint density at radius 1 is 1.36 bits per heavy atom. The number of hydrogen-bond donors (Lipinski definition) is 1. The third-order valence-electron chi connectivity index (χ3n) is 3.49. The first kappa shape index (κ1) is 17.9. The Bertz CT molecular complexity index is 750. The number of rotatable bonds is 6. The largest absolute Gasteiger partial charge is 0.242 e.